The molecule has 0 spiro atoms. The average molecular weight is 210 g/mol. The Morgan fingerprint density at radius 2 is 0.769 bits per heavy atom. The Hall–Kier alpha value is -1.17. The summed E-state index contributed by atoms with van der Waals surface area (Å²) in [7, 11) is 0. The van der Waals surface area contributed by atoms with Crippen molar-refractivity contribution in [3.05, 3.63) is 61.2 Å². The van der Waals surface area contributed by atoms with Crippen LogP contribution in [0.3, 0.4) is 0 Å². The average Bonchev–Trinajstić information content (AvgIpc) is 2.24. The number of pyridine rings is 2. The summed E-state index contributed by atoms with van der Waals surface area (Å²) in [5, 5.41) is 0. The molecule has 0 N–H and O–H groups in total. The van der Waals surface area contributed by atoms with Crippen LogP contribution in [0.5, 0.6) is 0 Å². The monoisotopic (exact) mass is 210 g/mol. The van der Waals surface area contributed by atoms with Crippen LogP contribution in [0.15, 0.2) is 61.2 Å². The zero-order chi connectivity index (χ0) is 8.49. The molecule has 2 nitrogen and oxygen atoms in total. The van der Waals surface area contributed by atoms with Gasteiger partial charge in [-0.2, -0.15) is 0 Å². The van der Waals surface area contributed by atoms with E-state index in [9.17, 15) is 0 Å². The van der Waals surface area contributed by atoms with E-state index in [2.05, 4.69) is 9.97 Å². The van der Waals surface area contributed by atoms with Crippen molar-refractivity contribution >= 4 is 0 Å². The van der Waals surface area contributed by atoms with Crippen molar-refractivity contribution in [3.8, 4) is 0 Å². The summed E-state index contributed by atoms with van der Waals surface area (Å²) in [5.74, 6) is 0. The normalized spacial score (nSPS) is 7.38. The molecule has 0 fully saturated rings. The van der Waals surface area contributed by atoms with Gasteiger partial charge in [-0.05, 0) is 24.3 Å². The van der Waals surface area contributed by atoms with Gasteiger partial charge in [-0.25, -0.2) is 0 Å². The van der Waals surface area contributed by atoms with Crippen molar-refractivity contribution in [1.29, 1.82) is 0 Å². The van der Waals surface area contributed by atoms with Crippen LogP contribution in [0.4, 0.5) is 0 Å². The van der Waals surface area contributed by atoms with Gasteiger partial charge in [0, 0.05) is 24.8 Å². The van der Waals surface area contributed by atoms with Gasteiger partial charge in [0.15, 0.2) is 0 Å². The van der Waals surface area contributed by atoms with Gasteiger partial charge in [0.2, 0.25) is 0 Å². The summed E-state index contributed by atoms with van der Waals surface area (Å²) in [6.45, 7) is 0. The van der Waals surface area contributed by atoms with Crippen molar-refractivity contribution < 1.29 is 17.4 Å². The van der Waals surface area contributed by atoms with Crippen LogP contribution in [-0.4, -0.2) is 9.97 Å². The van der Waals surface area contributed by atoms with E-state index in [0.717, 1.165) is 0 Å². The third kappa shape index (κ3) is 7.20. The molecule has 13 heavy (non-hydrogen) atoms. The second-order valence-electron chi connectivity index (χ2n) is 2.05. The van der Waals surface area contributed by atoms with Crippen molar-refractivity contribution in [3.63, 3.8) is 0 Å². The number of nitrogens with zero attached hydrogens (tertiary/aromatic N) is 2. The molecule has 0 radical (unpaired) electrons. The first kappa shape index (κ1) is 11.8. The minimum atomic E-state index is 0. The van der Waals surface area contributed by atoms with Crippen LogP contribution < -0.4 is 0 Å². The summed E-state index contributed by atoms with van der Waals surface area (Å²) in [4.78, 5) is 7.57. The maximum Gasteiger partial charge on any atom is 6.00 e. The molecule has 0 bridgehead atoms. The zero-order valence-corrected chi connectivity index (χ0v) is 8.35. The molecule has 0 aliphatic carbocycles. The Kier molecular flexibility index (Phi) is 8.12. The molecule has 0 saturated carbocycles. The maximum absolute atomic E-state index is 3.78. The van der Waals surface area contributed by atoms with E-state index in [1.54, 1.807) is 24.8 Å². The van der Waals surface area contributed by atoms with Crippen LogP contribution in [-0.2, 0) is 17.4 Å². The van der Waals surface area contributed by atoms with E-state index in [-0.39, 0.29) is 17.4 Å². The summed E-state index contributed by atoms with van der Waals surface area (Å²) in [5.41, 5.74) is 0. The Balaban J connectivity index is 0.000000206. The van der Waals surface area contributed by atoms with Gasteiger partial charge in [-0.1, -0.05) is 12.1 Å². The van der Waals surface area contributed by atoms with Crippen LogP contribution in [0.2, 0.25) is 0 Å². The number of aromatic nitrogens is 2. The fraction of sp³-hybridized carbons (Fsp3) is 0. The fourth-order valence-corrected chi connectivity index (χ4v) is 0.625. The molecule has 2 heterocycles. The van der Waals surface area contributed by atoms with Crippen molar-refractivity contribution in [1.82, 2.24) is 9.97 Å². The van der Waals surface area contributed by atoms with Crippen LogP contribution in [0.1, 0.15) is 0 Å². The SMILES string of the molecule is [Cr+6].c1ccncc1.c1ccncc1. The largest absolute Gasteiger partial charge is 6.00 e. The van der Waals surface area contributed by atoms with Gasteiger partial charge < -0.3 is 0 Å². The first-order chi connectivity index (χ1) is 6.00. The summed E-state index contributed by atoms with van der Waals surface area (Å²) >= 11 is 0. The second kappa shape index (κ2) is 8.92. The molecular formula is C10H10CrN2+6. The van der Waals surface area contributed by atoms with Gasteiger partial charge in [0.1, 0.15) is 0 Å². The Morgan fingerprint density at radius 3 is 0.846 bits per heavy atom. The zero-order valence-electron chi connectivity index (χ0n) is 7.08. The predicted molar refractivity (Wildman–Crippen MR) is 48.5 cm³/mol. The van der Waals surface area contributed by atoms with Gasteiger partial charge in [-0.15, -0.1) is 0 Å². The first-order valence-electron chi connectivity index (χ1n) is 3.70. The molecule has 0 aliphatic rings. The summed E-state index contributed by atoms with van der Waals surface area (Å²) < 4.78 is 0. The van der Waals surface area contributed by atoms with E-state index in [1.165, 1.54) is 0 Å². The molecule has 3 heteroatoms. The van der Waals surface area contributed by atoms with Crippen LogP contribution in [0.25, 0.3) is 0 Å². The molecular weight excluding hydrogens is 200 g/mol. The second-order valence-corrected chi connectivity index (χ2v) is 2.05. The minimum absolute atomic E-state index is 0. The van der Waals surface area contributed by atoms with Crippen molar-refractivity contribution in [2.45, 2.75) is 0 Å². The molecule has 0 saturated heterocycles. The summed E-state index contributed by atoms with van der Waals surface area (Å²) in [6, 6.07) is 11.4. The quantitative estimate of drug-likeness (QED) is 0.665. The van der Waals surface area contributed by atoms with Crippen LogP contribution >= 0.6 is 0 Å². The number of hydrogen-bond acceptors (Lipinski definition) is 2. The van der Waals surface area contributed by atoms with Crippen LogP contribution in [0, 0.1) is 0 Å². The Labute approximate surface area is 88.8 Å². The number of hydrogen-bond donors (Lipinski definition) is 0. The van der Waals surface area contributed by atoms with E-state index in [0.29, 0.717) is 0 Å². The smallest absolute Gasteiger partial charge is 0.265 e. The molecule has 0 amide bonds. The fourth-order valence-electron chi connectivity index (χ4n) is 0.625. The third-order valence-electron chi connectivity index (χ3n) is 1.13. The Morgan fingerprint density at radius 1 is 0.462 bits per heavy atom. The molecule has 2 aromatic heterocycles. The Bertz CT molecular complexity index is 188. The topological polar surface area (TPSA) is 25.8 Å². The first-order valence-corrected chi connectivity index (χ1v) is 3.70. The molecule has 60 valence electrons. The molecule has 0 aromatic carbocycles. The van der Waals surface area contributed by atoms with Gasteiger partial charge in [0.05, 0.1) is 0 Å². The van der Waals surface area contributed by atoms with Crippen molar-refractivity contribution in [2.24, 2.45) is 0 Å². The van der Waals surface area contributed by atoms with Gasteiger partial charge in [0.25, 0.3) is 0 Å². The third-order valence-corrected chi connectivity index (χ3v) is 1.13. The molecule has 0 atom stereocenters. The van der Waals surface area contributed by atoms with Gasteiger partial charge in [-0.3, -0.25) is 9.97 Å². The molecule has 0 unspecified atom stereocenters. The number of rotatable bonds is 0. The molecule has 2 aromatic rings. The van der Waals surface area contributed by atoms with E-state index < -0.39 is 0 Å². The van der Waals surface area contributed by atoms with E-state index >= 15 is 0 Å². The van der Waals surface area contributed by atoms with Gasteiger partial charge >= 0.3 is 17.4 Å². The predicted octanol–water partition coefficient (Wildman–Crippen LogP) is 2.16. The molecule has 2 rings (SSSR count). The van der Waals surface area contributed by atoms with E-state index in [1.807, 2.05) is 36.4 Å². The minimum Gasteiger partial charge on any atom is -0.265 e. The maximum atomic E-state index is 3.78. The van der Waals surface area contributed by atoms with Crippen molar-refractivity contribution in [2.75, 3.05) is 0 Å². The summed E-state index contributed by atoms with van der Waals surface area (Å²) in [6.07, 6.45) is 7.00. The standard InChI is InChI=1S/2C5H5N.Cr/c2*1-2-4-6-5-3-1;/h2*1-5H;/q;;+6. The molecule has 0 aliphatic heterocycles. The van der Waals surface area contributed by atoms with E-state index in [4.69, 9.17) is 0 Å².